The van der Waals surface area contributed by atoms with E-state index in [0.29, 0.717) is 18.0 Å². The molecule has 0 fully saturated rings. The Labute approximate surface area is 178 Å². The number of para-hydroxylation sites is 1. The molecule has 154 valence electrons. The molecule has 0 spiro atoms. The van der Waals surface area contributed by atoms with Gasteiger partial charge in [-0.15, -0.1) is 4.40 Å². The van der Waals surface area contributed by atoms with Crippen LogP contribution in [0.2, 0.25) is 0 Å². The number of amidine groups is 1. The number of hydrogen-bond acceptors (Lipinski definition) is 6. The minimum Gasteiger partial charge on any atom is -0.467 e. The van der Waals surface area contributed by atoms with E-state index in [4.69, 9.17) is 4.42 Å². The summed E-state index contributed by atoms with van der Waals surface area (Å²) >= 11 is 1.09. The van der Waals surface area contributed by atoms with E-state index in [9.17, 15) is 13.2 Å². The lowest BCUT2D eigenvalue weighted by molar-refractivity contribution is -0.118. The molecule has 0 saturated carbocycles. The molecule has 0 unspecified atom stereocenters. The SMILES string of the molecule is O=C(CSC1=NS(=O)(=O)c2ccccc2N1Cc1ccccc1)NCc1ccco1. The fourth-order valence-electron chi connectivity index (χ4n) is 3.01. The minimum absolute atomic E-state index is 0.0303. The van der Waals surface area contributed by atoms with Gasteiger partial charge in [-0.05, 0) is 29.8 Å². The van der Waals surface area contributed by atoms with Gasteiger partial charge in [-0.3, -0.25) is 4.79 Å². The van der Waals surface area contributed by atoms with Crippen molar-refractivity contribution in [3.05, 3.63) is 84.3 Å². The van der Waals surface area contributed by atoms with E-state index in [1.54, 1.807) is 36.4 Å². The number of benzene rings is 2. The van der Waals surface area contributed by atoms with Crippen LogP contribution in [0, 0.1) is 0 Å². The molecule has 2 aromatic carbocycles. The molecule has 0 radical (unpaired) electrons. The third-order valence-corrected chi connectivity index (χ3v) is 6.83. The van der Waals surface area contributed by atoms with Crippen LogP contribution in [0.25, 0.3) is 0 Å². The number of nitrogens with zero attached hydrogens (tertiary/aromatic N) is 2. The van der Waals surface area contributed by atoms with Gasteiger partial charge in [0.1, 0.15) is 10.7 Å². The normalized spacial score (nSPS) is 14.7. The highest BCUT2D eigenvalue weighted by Crippen LogP contribution is 2.35. The summed E-state index contributed by atoms with van der Waals surface area (Å²) < 4.78 is 34.5. The number of thioether (sulfide) groups is 1. The highest BCUT2D eigenvalue weighted by molar-refractivity contribution is 8.15. The second-order valence-corrected chi connectivity index (χ2v) is 9.05. The number of carbonyl (C=O) groups is 1. The maximum Gasteiger partial charge on any atom is 0.286 e. The van der Waals surface area contributed by atoms with Gasteiger partial charge in [0.2, 0.25) is 5.91 Å². The molecule has 1 N–H and O–H groups in total. The summed E-state index contributed by atoms with van der Waals surface area (Å²) in [7, 11) is -3.83. The lowest BCUT2D eigenvalue weighted by atomic mass is 10.2. The van der Waals surface area contributed by atoms with Crippen LogP contribution in [-0.4, -0.2) is 25.2 Å². The molecule has 0 aliphatic carbocycles. The van der Waals surface area contributed by atoms with Crippen LogP contribution in [0.5, 0.6) is 0 Å². The Morgan fingerprint density at radius 3 is 2.57 bits per heavy atom. The largest absolute Gasteiger partial charge is 0.467 e. The molecule has 4 rings (SSSR count). The van der Waals surface area contributed by atoms with Crippen molar-refractivity contribution >= 4 is 38.5 Å². The summed E-state index contributed by atoms with van der Waals surface area (Å²) in [4.78, 5) is 14.2. The van der Waals surface area contributed by atoms with Crippen molar-refractivity contribution in [2.45, 2.75) is 18.0 Å². The van der Waals surface area contributed by atoms with E-state index in [-0.39, 0.29) is 28.3 Å². The molecule has 0 atom stereocenters. The predicted octanol–water partition coefficient (Wildman–Crippen LogP) is 3.39. The second kappa shape index (κ2) is 8.76. The van der Waals surface area contributed by atoms with Crippen LogP contribution in [-0.2, 0) is 27.9 Å². The highest BCUT2D eigenvalue weighted by atomic mass is 32.2. The summed E-state index contributed by atoms with van der Waals surface area (Å²) in [6.07, 6.45) is 1.54. The van der Waals surface area contributed by atoms with E-state index in [2.05, 4.69) is 9.71 Å². The van der Waals surface area contributed by atoms with Crippen molar-refractivity contribution < 1.29 is 17.6 Å². The van der Waals surface area contributed by atoms with Gasteiger partial charge >= 0.3 is 0 Å². The zero-order valence-electron chi connectivity index (χ0n) is 15.9. The number of nitrogens with one attached hydrogen (secondary N) is 1. The average Bonchev–Trinajstić information content (AvgIpc) is 3.27. The highest BCUT2D eigenvalue weighted by Gasteiger charge is 2.31. The first-order chi connectivity index (χ1) is 14.5. The monoisotopic (exact) mass is 441 g/mol. The topological polar surface area (TPSA) is 92.0 Å². The Morgan fingerprint density at radius 1 is 1.03 bits per heavy atom. The van der Waals surface area contributed by atoms with E-state index in [1.165, 1.54) is 6.26 Å². The van der Waals surface area contributed by atoms with Gasteiger partial charge in [-0.2, -0.15) is 8.42 Å². The predicted molar refractivity (Wildman–Crippen MR) is 117 cm³/mol. The Balaban J connectivity index is 1.54. The molecule has 0 bridgehead atoms. The van der Waals surface area contributed by atoms with Gasteiger partial charge < -0.3 is 14.6 Å². The number of hydrogen-bond donors (Lipinski definition) is 1. The molecular formula is C21H19N3O4S2. The molecule has 1 aromatic heterocycles. The van der Waals surface area contributed by atoms with Crippen LogP contribution >= 0.6 is 11.8 Å². The number of furan rings is 1. The molecule has 7 nitrogen and oxygen atoms in total. The molecule has 0 saturated heterocycles. The van der Waals surface area contributed by atoms with Crippen LogP contribution in [0.3, 0.4) is 0 Å². The van der Waals surface area contributed by atoms with Crippen LogP contribution in [0.15, 0.2) is 86.7 Å². The lowest BCUT2D eigenvalue weighted by Gasteiger charge is -2.30. The van der Waals surface area contributed by atoms with Crippen molar-refractivity contribution in [1.82, 2.24) is 5.32 Å². The molecule has 1 aliphatic heterocycles. The number of sulfonamides is 1. The Bertz CT molecular complexity index is 1160. The summed E-state index contributed by atoms with van der Waals surface area (Å²) in [6, 6.07) is 20.0. The van der Waals surface area contributed by atoms with E-state index >= 15 is 0 Å². The fraction of sp³-hybridized carbons (Fsp3) is 0.143. The number of amides is 1. The van der Waals surface area contributed by atoms with Crippen molar-refractivity contribution in [1.29, 1.82) is 0 Å². The molecule has 1 amide bonds. The smallest absolute Gasteiger partial charge is 0.286 e. The summed E-state index contributed by atoms with van der Waals surface area (Å²) in [5.74, 6) is 0.434. The van der Waals surface area contributed by atoms with Gasteiger partial charge in [0.15, 0.2) is 5.17 Å². The third kappa shape index (κ3) is 4.58. The second-order valence-electron chi connectivity index (χ2n) is 6.53. The lowest BCUT2D eigenvalue weighted by Crippen LogP contribution is -2.35. The molecule has 1 aliphatic rings. The average molecular weight is 442 g/mol. The minimum atomic E-state index is -3.83. The zero-order valence-corrected chi connectivity index (χ0v) is 17.5. The van der Waals surface area contributed by atoms with E-state index < -0.39 is 10.0 Å². The number of rotatable bonds is 6. The first-order valence-corrected chi connectivity index (χ1v) is 11.6. The Morgan fingerprint density at radius 2 is 1.80 bits per heavy atom. The number of carbonyl (C=O) groups excluding carboxylic acids is 1. The molecular weight excluding hydrogens is 422 g/mol. The fourth-order valence-corrected chi connectivity index (χ4v) is 5.29. The molecule has 3 aromatic rings. The van der Waals surface area contributed by atoms with E-state index in [1.807, 2.05) is 35.2 Å². The quantitative estimate of drug-likeness (QED) is 0.630. The first kappa shape index (κ1) is 20.2. The molecule has 9 heteroatoms. The summed E-state index contributed by atoms with van der Waals surface area (Å²) in [5.41, 5.74) is 1.55. The standard InChI is InChI=1S/C21H19N3O4S2/c25-20(22-13-17-9-6-12-28-17)15-29-21-23-30(26,27)19-11-5-4-10-18(19)24(21)14-16-7-2-1-3-8-16/h1-12H,13-15H2,(H,22,25). The summed E-state index contributed by atoms with van der Waals surface area (Å²) in [6.45, 7) is 0.709. The summed E-state index contributed by atoms with van der Waals surface area (Å²) in [5, 5.41) is 3.02. The van der Waals surface area contributed by atoms with Gasteiger partial charge in [0.25, 0.3) is 10.0 Å². The zero-order chi connectivity index (χ0) is 21.0. The maximum atomic E-state index is 12.7. The van der Waals surface area contributed by atoms with Crippen molar-refractivity contribution in [2.24, 2.45) is 4.40 Å². The van der Waals surface area contributed by atoms with Crippen LogP contribution in [0.1, 0.15) is 11.3 Å². The molecule has 2 heterocycles. The van der Waals surface area contributed by atoms with Gasteiger partial charge in [-0.1, -0.05) is 54.2 Å². The maximum absolute atomic E-state index is 12.7. The Hall–Kier alpha value is -3.04. The third-order valence-electron chi connectivity index (χ3n) is 4.42. The van der Waals surface area contributed by atoms with E-state index in [0.717, 1.165) is 17.3 Å². The first-order valence-electron chi connectivity index (χ1n) is 9.20. The number of anilines is 1. The van der Waals surface area contributed by atoms with Crippen molar-refractivity contribution in [3.63, 3.8) is 0 Å². The van der Waals surface area contributed by atoms with Crippen LogP contribution < -0.4 is 10.2 Å². The van der Waals surface area contributed by atoms with Crippen LogP contribution in [0.4, 0.5) is 5.69 Å². The van der Waals surface area contributed by atoms with Gasteiger partial charge in [0, 0.05) is 0 Å². The van der Waals surface area contributed by atoms with Gasteiger partial charge in [-0.25, -0.2) is 0 Å². The van der Waals surface area contributed by atoms with Crippen molar-refractivity contribution in [2.75, 3.05) is 10.7 Å². The van der Waals surface area contributed by atoms with Gasteiger partial charge in [0.05, 0.1) is 30.8 Å². The Kier molecular flexibility index (Phi) is 5.91. The number of fused-ring (bicyclic) bond motifs is 1. The van der Waals surface area contributed by atoms with Crippen molar-refractivity contribution in [3.8, 4) is 0 Å². The molecule has 30 heavy (non-hydrogen) atoms.